The zero-order valence-electron chi connectivity index (χ0n) is 16.2. The van der Waals surface area contributed by atoms with Crippen molar-refractivity contribution in [3.05, 3.63) is 83.9 Å². The van der Waals surface area contributed by atoms with Crippen LogP contribution >= 0.6 is 0 Å². The van der Waals surface area contributed by atoms with Gasteiger partial charge in [-0.25, -0.2) is 8.42 Å². The van der Waals surface area contributed by atoms with Gasteiger partial charge < -0.3 is 10.1 Å². The lowest BCUT2D eigenvalue weighted by Crippen LogP contribution is -2.20. The van der Waals surface area contributed by atoms with Crippen LogP contribution in [0.15, 0.2) is 77.7 Å². The predicted octanol–water partition coefficient (Wildman–Crippen LogP) is 4.12. The highest BCUT2D eigenvalue weighted by molar-refractivity contribution is 7.92. The molecular weight excluding hydrogens is 388 g/mol. The molecule has 0 aliphatic carbocycles. The number of para-hydroxylation sites is 1. The molecule has 3 rings (SSSR count). The molecule has 29 heavy (non-hydrogen) atoms. The topological polar surface area (TPSA) is 84.5 Å². The lowest BCUT2D eigenvalue weighted by Gasteiger charge is -2.12. The number of carbonyl (C=O) groups is 1. The molecule has 1 amide bonds. The second-order valence-electron chi connectivity index (χ2n) is 6.60. The molecule has 150 valence electrons. The lowest BCUT2D eigenvalue weighted by atomic mass is 10.2. The van der Waals surface area contributed by atoms with Crippen molar-refractivity contribution in [1.29, 1.82) is 0 Å². The molecule has 0 saturated heterocycles. The molecule has 6 nitrogen and oxygen atoms in total. The van der Waals surface area contributed by atoms with Gasteiger partial charge in [-0.05, 0) is 61.9 Å². The summed E-state index contributed by atoms with van der Waals surface area (Å²) in [5.74, 6) is 0.151. The number of hydrogen-bond acceptors (Lipinski definition) is 4. The lowest BCUT2D eigenvalue weighted by molar-refractivity contribution is -0.118. The minimum Gasteiger partial charge on any atom is -0.483 e. The summed E-state index contributed by atoms with van der Waals surface area (Å²) in [7, 11) is -3.71. The summed E-state index contributed by atoms with van der Waals surface area (Å²) in [5, 5.41) is 2.75. The predicted molar refractivity (Wildman–Crippen MR) is 114 cm³/mol. The number of amides is 1. The first-order valence-electron chi connectivity index (χ1n) is 9.01. The molecule has 0 aliphatic heterocycles. The summed E-state index contributed by atoms with van der Waals surface area (Å²) in [6.45, 7) is 3.52. The second-order valence-corrected chi connectivity index (χ2v) is 8.28. The smallest absolute Gasteiger partial charge is 0.262 e. The van der Waals surface area contributed by atoms with Crippen molar-refractivity contribution in [3.8, 4) is 5.75 Å². The number of carbonyl (C=O) groups excluding carboxylic acids is 1. The van der Waals surface area contributed by atoms with Gasteiger partial charge in [0.15, 0.2) is 6.61 Å². The van der Waals surface area contributed by atoms with Gasteiger partial charge >= 0.3 is 0 Å². The van der Waals surface area contributed by atoms with Gasteiger partial charge in [0.1, 0.15) is 5.75 Å². The van der Waals surface area contributed by atoms with Crippen LogP contribution in [0.4, 0.5) is 11.4 Å². The summed E-state index contributed by atoms with van der Waals surface area (Å²) >= 11 is 0. The Morgan fingerprint density at radius 1 is 0.897 bits per heavy atom. The third kappa shape index (κ3) is 5.58. The third-order valence-corrected chi connectivity index (χ3v) is 5.56. The number of hydrogen-bond donors (Lipinski definition) is 2. The monoisotopic (exact) mass is 410 g/mol. The normalized spacial score (nSPS) is 11.0. The zero-order chi connectivity index (χ0) is 20.9. The average molecular weight is 410 g/mol. The fraction of sp³-hybridized carbons (Fsp3) is 0.136. The number of aryl methyl sites for hydroxylation is 2. The van der Waals surface area contributed by atoms with Crippen molar-refractivity contribution in [3.63, 3.8) is 0 Å². The van der Waals surface area contributed by atoms with Crippen LogP contribution in [-0.2, 0) is 14.8 Å². The van der Waals surface area contributed by atoms with E-state index in [1.807, 2.05) is 37.3 Å². The average Bonchev–Trinajstić information content (AvgIpc) is 2.69. The quantitative estimate of drug-likeness (QED) is 0.614. The molecule has 0 radical (unpaired) electrons. The van der Waals surface area contributed by atoms with Crippen LogP contribution in [0.25, 0.3) is 0 Å². The second kappa shape index (κ2) is 8.79. The maximum atomic E-state index is 12.5. The van der Waals surface area contributed by atoms with E-state index in [9.17, 15) is 13.2 Å². The Kier molecular flexibility index (Phi) is 6.19. The van der Waals surface area contributed by atoms with Crippen molar-refractivity contribution in [1.82, 2.24) is 0 Å². The van der Waals surface area contributed by atoms with E-state index in [0.29, 0.717) is 22.7 Å². The zero-order valence-corrected chi connectivity index (χ0v) is 17.0. The van der Waals surface area contributed by atoms with Crippen LogP contribution in [0.1, 0.15) is 11.1 Å². The van der Waals surface area contributed by atoms with Crippen LogP contribution < -0.4 is 14.8 Å². The molecule has 0 aliphatic rings. The van der Waals surface area contributed by atoms with Gasteiger partial charge in [-0.3, -0.25) is 9.52 Å². The summed E-state index contributed by atoms with van der Waals surface area (Å²) in [6.07, 6.45) is 0. The molecule has 7 heteroatoms. The van der Waals surface area contributed by atoms with Crippen LogP contribution in [0.5, 0.6) is 5.75 Å². The number of sulfonamides is 1. The number of nitrogens with one attached hydrogen (secondary N) is 2. The summed E-state index contributed by atoms with van der Waals surface area (Å²) in [6, 6.07) is 20.6. The molecule has 0 spiro atoms. The van der Waals surface area contributed by atoms with E-state index in [1.54, 1.807) is 37.3 Å². The largest absolute Gasteiger partial charge is 0.483 e. The number of ether oxygens (including phenoxy) is 1. The van der Waals surface area contributed by atoms with Gasteiger partial charge in [0.05, 0.1) is 4.90 Å². The molecule has 0 aromatic heterocycles. The minimum absolute atomic E-state index is 0.121. The highest BCUT2D eigenvalue weighted by Gasteiger charge is 2.16. The molecule has 0 unspecified atom stereocenters. The van der Waals surface area contributed by atoms with Gasteiger partial charge in [-0.15, -0.1) is 0 Å². The minimum atomic E-state index is -3.71. The van der Waals surface area contributed by atoms with Gasteiger partial charge in [-0.1, -0.05) is 35.9 Å². The van der Waals surface area contributed by atoms with Crippen molar-refractivity contribution < 1.29 is 17.9 Å². The first kappa shape index (κ1) is 20.4. The Hall–Kier alpha value is -3.32. The molecule has 0 atom stereocenters. The first-order chi connectivity index (χ1) is 13.8. The first-order valence-corrected chi connectivity index (χ1v) is 10.5. The van der Waals surface area contributed by atoms with E-state index in [1.165, 1.54) is 12.1 Å². The van der Waals surface area contributed by atoms with Crippen LogP contribution in [0.2, 0.25) is 0 Å². The molecule has 0 heterocycles. The van der Waals surface area contributed by atoms with Crippen molar-refractivity contribution in [2.75, 3.05) is 16.6 Å². The maximum Gasteiger partial charge on any atom is 0.262 e. The fourth-order valence-electron chi connectivity index (χ4n) is 2.65. The van der Waals surface area contributed by atoms with E-state index in [0.717, 1.165) is 5.56 Å². The highest BCUT2D eigenvalue weighted by Crippen LogP contribution is 2.23. The highest BCUT2D eigenvalue weighted by atomic mass is 32.2. The molecule has 3 aromatic rings. The molecule has 0 fully saturated rings. The molecular formula is C22H22N2O4S. The van der Waals surface area contributed by atoms with E-state index < -0.39 is 10.0 Å². The van der Waals surface area contributed by atoms with Gasteiger partial charge in [0.25, 0.3) is 15.9 Å². The van der Waals surface area contributed by atoms with Gasteiger partial charge in [-0.2, -0.15) is 0 Å². The van der Waals surface area contributed by atoms with Gasteiger partial charge in [0.2, 0.25) is 0 Å². The third-order valence-electron chi connectivity index (χ3n) is 4.18. The van der Waals surface area contributed by atoms with E-state index in [2.05, 4.69) is 10.0 Å². The number of anilines is 2. The molecule has 2 N–H and O–H groups in total. The van der Waals surface area contributed by atoms with Crippen LogP contribution in [0, 0.1) is 13.8 Å². The Bertz CT molecular complexity index is 1100. The fourth-order valence-corrected chi connectivity index (χ4v) is 3.79. The SMILES string of the molecule is Cc1ccc(NC(=O)COc2ccc(S(=O)(=O)Nc3ccccc3)cc2C)cc1. The summed E-state index contributed by atoms with van der Waals surface area (Å²) in [4.78, 5) is 12.2. The van der Waals surface area contributed by atoms with Gasteiger partial charge in [0, 0.05) is 11.4 Å². The Morgan fingerprint density at radius 2 is 1.59 bits per heavy atom. The van der Waals surface area contributed by atoms with Crippen LogP contribution in [-0.4, -0.2) is 20.9 Å². The number of rotatable bonds is 7. The van der Waals surface area contributed by atoms with Crippen molar-refractivity contribution >= 4 is 27.3 Å². The molecule has 0 bridgehead atoms. The van der Waals surface area contributed by atoms with Crippen LogP contribution in [0.3, 0.4) is 0 Å². The Labute approximate surface area is 170 Å². The Balaban J connectivity index is 1.63. The standard InChI is InChI=1S/C22H22N2O4S/c1-16-8-10-18(11-9-16)23-22(25)15-28-21-13-12-20(14-17(21)2)29(26,27)24-19-6-4-3-5-7-19/h3-14,24H,15H2,1-2H3,(H,23,25). The van der Waals surface area contributed by atoms with Crippen molar-refractivity contribution in [2.45, 2.75) is 18.7 Å². The number of benzene rings is 3. The molecule has 3 aromatic carbocycles. The summed E-state index contributed by atoms with van der Waals surface area (Å²) in [5.41, 5.74) is 2.89. The molecule has 0 saturated carbocycles. The maximum absolute atomic E-state index is 12.5. The van der Waals surface area contributed by atoms with Crippen molar-refractivity contribution in [2.24, 2.45) is 0 Å². The summed E-state index contributed by atoms with van der Waals surface area (Å²) < 4.78 is 33.2. The Morgan fingerprint density at radius 3 is 2.24 bits per heavy atom. The van der Waals surface area contributed by atoms with E-state index in [-0.39, 0.29) is 17.4 Å². The van der Waals surface area contributed by atoms with E-state index >= 15 is 0 Å². The van der Waals surface area contributed by atoms with E-state index in [4.69, 9.17) is 4.74 Å².